The summed E-state index contributed by atoms with van der Waals surface area (Å²) in [6.07, 6.45) is 5.64. The van der Waals surface area contributed by atoms with Gasteiger partial charge in [0.05, 0.1) is 5.70 Å². The van der Waals surface area contributed by atoms with Crippen LogP contribution in [0.2, 0.25) is 0 Å². The number of para-hydroxylation sites is 1. The minimum absolute atomic E-state index is 0.00863. The van der Waals surface area contributed by atoms with Crippen molar-refractivity contribution < 1.29 is 4.79 Å². The number of nitrogens with zero attached hydrogens (tertiary/aromatic N) is 3. The molecule has 0 aromatic heterocycles. The third-order valence-electron chi connectivity index (χ3n) is 4.29. The van der Waals surface area contributed by atoms with Gasteiger partial charge in [-0.2, -0.15) is 0 Å². The van der Waals surface area contributed by atoms with Crippen molar-refractivity contribution in [3.05, 3.63) is 66.5 Å². The first kappa shape index (κ1) is 19.7. The highest BCUT2D eigenvalue weighted by Crippen LogP contribution is 2.18. The first-order valence-electron chi connectivity index (χ1n) is 8.91. The molecule has 1 fully saturated rings. The highest BCUT2D eigenvalue weighted by Gasteiger charge is 2.19. The largest absolute Gasteiger partial charge is 0.350 e. The van der Waals surface area contributed by atoms with E-state index in [1.54, 1.807) is 13.0 Å². The Morgan fingerprint density at radius 3 is 2.50 bits per heavy atom. The molecule has 5 nitrogen and oxygen atoms in total. The van der Waals surface area contributed by atoms with Crippen LogP contribution in [0.1, 0.15) is 13.8 Å². The summed E-state index contributed by atoms with van der Waals surface area (Å²) in [4.78, 5) is 21.0. The fourth-order valence-electron chi connectivity index (χ4n) is 2.79. The van der Waals surface area contributed by atoms with E-state index >= 15 is 0 Å². The first-order chi connectivity index (χ1) is 12.6. The molecule has 138 valence electrons. The fourth-order valence-corrected chi connectivity index (χ4v) is 2.79. The Morgan fingerprint density at radius 1 is 1.27 bits per heavy atom. The molecule has 0 spiro atoms. The van der Waals surface area contributed by atoms with Gasteiger partial charge in [-0.15, -0.1) is 0 Å². The molecule has 1 aliphatic heterocycles. The summed E-state index contributed by atoms with van der Waals surface area (Å²) in [7, 11) is 1.98. The molecule has 1 heterocycles. The van der Waals surface area contributed by atoms with E-state index in [0.717, 1.165) is 43.1 Å². The molecule has 1 N–H and O–H groups in total. The van der Waals surface area contributed by atoms with Crippen molar-refractivity contribution in [1.82, 2.24) is 10.2 Å². The summed E-state index contributed by atoms with van der Waals surface area (Å²) in [6.45, 7) is 10.7. The number of nitrogens with one attached hydrogen (secondary N) is 1. The van der Waals surface area contributed by atoms with Gasteiger partial charge in [-0.3, -0.25) is 4.79 Å². The summed E-state index contributed by atoms with van der Waals surface area (Å²) >= 11 is 0. The Hall–Kier alpha value is -2.66. The van der Waals surface area contributed by atoms with E-state index < -0.39 is 0 Å². The van der Waals surface area contributed by atoms with Crippen LogP contribution in [0.5, 0.6) is 0 Å². The van der Waals surface area contributed by atoms with Crippen LogP contribution in [0.25, 0.3) is 0 Å². The van der Waals surface area contributed by atoms with E-state index in [4.69, 9.17) is 0 Å². The van der Waals surface area contributed by atoms with Crippen molar-refractivity contribution in [1.29, 1.82) is 0 Å². The van der Waals surface area contributed by atoms with Crippen LogP contribution in [-0.4, -0.2) is 49.7 Å². The van der Waals surface area contributed by atoms with Gasteiger partial charge in [0.25, 0.3) is 5.91 Å². The maximum absolute atomic E-state index is 12.6. The molecule has 5 heteroatoms. The van der Waals surface area contributed by atoms with Crippen LogP contribution in [-0.2, 0) is 4.79 Å². The minimum atomic E-state index is -0.00863. The van der Waals surface area contributed by atoms with Gasteiger partial charge in [0, 0.05) is 50.7 Å². The number of hydrogen-bond donors (Lipinski definition) is 1. The standard InChI is InChI=1S/C21H28N4O/c1-5-18(16-24(4)19-10-8-7-9-11-19)20(6-2)23-17(3)21(26)25-14-12-22-13-15-25/h5-11,16,22H,1,12-15H2,2-4H3/b18-16+,20-6-,23-17?. The second-order valence-corrected chi connectivity index (χ2v) is 6.15. The van der Waals surface area contributed by atoms with E-state index in [-0.39, 0.29) is 5.91 Å². The monoisotopic (exact) mass is 352 g/mol. The molecule has 0 bridgehead atoms. The van der Waals surface area contributed by atoms with Gasteiger partial charge < -0.3 is 15.1 Å². The van der Waals surface area contributed by atoms with Crippen LogP contribution < -0.4 is 10.2 Å². The second kappa shape index (κ2) is 9.73. The summed E-state index contributed by atoms with van der Waals surface area (Å²) in [5, 5.41) is 3.25. The molecule has 0 radical (unpaired) electrons. The third kappa shape index (κ3) is 5.17. The number of amides is 1. The first-order valence-corrected chi connectivity index (χ1v) is 8.91. The number of aliphatic imine (C=N–C) groups is 1. The topological polar surface area (TPSA) is 47.9 Å². The number of benzene rings is 1. The molecule has 1 saturated heterocycles. The highest BCUT2D eigenvalue weighted by molar-refractivity contribution is 6.38. The van der Waals surface area contributed by atoms with E-state index in [0.29, 0.717) is 5.71 Å². The zero-order valence-corrected chi connectivity index (χ0v) is 15.9. The van der Waals surface area contributed by atoms with Crippen molar-refractivity contribution in [3.8, 4) is 0 Å². The number of hydrogen-bond acceptors (Lipinski definition) is 4. The summed E-state index contributed by atoms with van der Waals surface area (Å²) in [6, 6.07) is 10.1. The van der Waals surface area contributed by atoms with Crippen LogP contribution in [0.3, 0.4) is 0 Å². The number of anilines is 1. The predicted octanol–water partition coefficient (Wildman–Crippen LogP) is 2.99. The van der Waals surface area contributed by atoms with E-state index in [9.17, 15) is 4.79 Å². The molecular weight excluding hydrogens is 324 g/mol. The molecule has 26 heavy (non-hydrogen) atoms. The lowest BCUT2D eigenvalue weighted by atomic mass is 10.2. The molecule has 1 aromatic rings. The predicted molar refractivity (Wildman–Crippen MR) is 109 cm³/mol. The molecule has 0 saturated carbocycles. The third-order valence-corrected chi connectivity index (χ3v) is 4.29. The van der Waals surface area contributed by atoms with E-state index in [2.05, 4.69) is 16.9 Å². The normalized spacial score (nSPS) is 16.4. The highest BCUT2D eigenvalue weighted by atomic mass is 16.2. The number of carbonyl (C=O) groups excluding carboxylic acids is 1. The van der Waals surface area contributed by atoms with Crippen molar-refractivity contribution in [2.24, 2.45) is 4.99 Å². The molecule has 1 amide bonds. The number of allylic oxidation sites excluding steroid dienone is 2. The summed E-state index contributed by atoms with van der Waals surface area (Å²) in [5.74, 6) is -0.00863. The quantitative estimate of drug-likeness (QED) is 0.632. The maximum Gasteiger partial charge on any atom is 0.268 e. The van der Waals surface area contributed by atoms with Crippen LogP contribution >= 0.6 is 0 Å². The van der Waals surface area contributed by atoms with Crippen molar-refractivity contribution >= 4 is 17.3 Å². The van der Waals surface area contributed by atoms with Gasteiger partial charge in [-0.1, -0.05) is 36.9 Å². The average molecular weight is 352 g/mol. The Labute approximate surface area is 156 Å². The van der Waals surface area contributed by atoms with Crippen molar-refractivity contribution in [3.63, 3.8) is 0 Å². The van der Waals surface area contributed by atoms with E-state index in [1.807, 2.05) is 66.4 Å². The Balaban J connectivity index is 2.20. The lowest BCUT2D eigenvalue weighted by molar-refractivity contribution is -0.124. The summed E-state index contributed by atoms with van der Waals surface area (Å²) < 4.78 is 0. The fraction of sp³-hybridized carbons (Fsp3) is 0.333. The number of piperazine rings is 1. The van der Waals surface area contributed by atoms with Gasteiger partial charge in [0.1, 0.15) is 5.71 Å². The second-order valence-electron chi connectivity index (χ2n) is 6.15. The molecule has 1 aliphatic rings. The minimum Gasteiger partial charge on any atom is -0.350 e. The lowest BCUT2D eigenvalue weighted by Gasteiger charge is -2.27. The van der Waals surface area contributed by atoms with E-state index in [1.165, 1.54) is 0 Å². The summed E-state index contributed by atoms with van der Waals surface area (Å²) in [5.41, 5.74) is 3.17. The van der Waals surface area contributed by atoms with Crippen LogP contribution in [0.4, 0.5) is 5.69 Å². The molecule has 0 atom stereocenters. The SMILES string of the molecule is C=CC(=C\N(C)c1ccccc1)/C(=C/C)N=C(C)C(=O)N1CCNCC1. The molecule has 2 rings (SSSR count). The Kier molecular flexibility index (Phi) is 7.36. The van der Waals surface area contributed by atoms with Gasteiger partial charge >= 0.3 is 0 Å². The Morgan fingerprint density at radius 2 is 1.92 bits per heavy atom. The zero-order valence-electron chi connectivity index (χ0n) is 15.9. The average Bonchev–Trinajstić information content (AvgIpc) is 2.70. The molecule has 0 unspecified atom stereocenters. The van der Waals surface area contributed by atoms with Gasteiger partial charge in [0.2, 0.25) is 0 Å². The Bertz CT molecular complexity index is 713. The van der Waals surface area contributed by atoms with Crippen LogP contribution in [0.15, 0.2) is 71.5 Å². The lowest BCUT2D eigenvalue weighted by Crippen LogP contribution is -2.48. The molecule has 1 aromatic carbocycles. The number of rotatable bonds is 6. The maximum atomic E-state index is 12.6. The van der Waals surface area contributed by atoms with Crippen molar-refractivity contribution in [2.75, 3.05) is 38.1 Å². The molecular formula is C21H28N4O. The number of carbonyl (C=O) groups is 1. The smallest absolute Gasteiger partial charge is 0.268 e. The van der Waals surface area contributed by atoms with Gasteiger partial charge in [-0.25, -0.2) is 4.99 Å². The molecule has 0 aliphatic carbocycles. The van der Waals surface area contributed by atoms with Crippen molar-refractivity contribution in [2.45, 2.75) is 13.8 Å². The van der Waals surface area contributed by atoms with Crippen LogP contribution in [0, 0.1) is 0 Å². The van der Waals surface area contributed by atoms with Gasteiger partial charge in [0.15, 0.2) is 0 Å². The van der Waals surface area contributed by atoms with Gasteiger partial charge in [-0.05, 0) is 26.0 Å². The zero-order chi connectivity index (χ0) is 18.9.